The van der Waals surface area contributed by atoms with E-state index in [0.717, 1.165) is 0 Å². The Morgan fingerprint density at radius 3 is 2.25 bits per heavy atom. The second kappa shape index (κ2) is 6.33. The first-order chi connectivity index (χ1) is 8.88. The number of halogens is 4. The molecule has 0 heterocycles. The summed E-state index contributed by atoms with van der Waals surface area (Å²) in [6.07, 6.45) is -5.29. The molecule has 2 nitrogen and oxygen atoms in total. The Morgan fingerprint density at radius 1 is 1.05 bits per heavy atom. The van der Waals surface area contributed by atoms with Gasteiger partial charge in [-0.2, -0.15) is 13.2 Å². The van der Waals surface area contributed by atoms with Crippen LogP contribution in [0.5, 0.6) is 5.75 Å². The van der Waals surface area contributed by atoms with Crippen LogP contribution in [-0.4, -0.2) is 11.3 Å². The normalized spacial score (nSPS) is 13.0. The second-order valence-corrected chi connectivity index (χ2v) is 4.48. The van der Waals surface area contributed by atoms with Crippen LogP contribution in [0.2, 0.25) is 0 Å². The molecule has 110 valence electrons. The highest BCUT2D eigenvalue weighted by atomic mass is 35.5. The van der Waals surface area contributed by atoms with E-state index in [4.69, 9.17) is 5.73 Å². The van der Waals surface area contributed by atoms with Gasteiger partial charge in [0.15, 0.2) is 0 Å². The van der Waals surface area contributed by atoms with Crippen LogP contribution >= 0.6 is 12.4 Å². The SMILES string of the molecule is Cl.N[C@H](CCC(F)(F)F)c1ccc(O)c2ccccc12. The number of aromatic hydroxyl groups is 1. The third-order valence-corrected chi connectivity index (χ3v) is 3.07. The minimum atomic E-state index is -4.20. The summed E-state index contributed by atoms with van der Waals surface area (Å²) >= 11 is 0. The lowest BCUT2D eigenvalue weighted by atomic mass is 9.96. The number of phenols is 1. The average molecular weight is 306 g/mol. The van der Waals surface area contributed by atoms with E-state index in [-0.39, 0.29) is 24.6 Å². The van der Waals surface area contributed by atoms with Gasteiger partial charge < -0.3 is 10.8 Å². The van der Waals surface area contributed by atoms with Gasteiger partial charge in [0.05, 0.1) is 0 Å². The van der Waals surface area contributed by atoms with E-state index < -0.39 is 18.6 Å². The molecule has 0 unspecified atom stereocenters. The van der Waals surface area contributed by atoms with Crippen LogP contribution in [0.15, 0.2) is 36.4 Å². The zero-order valence-electron chi connectivity index (χ0n) is 10.5. The Balaban J connectivity index is 0.00000200. The van der Waals surface area contributed by atoms with Crippen molar-refractivity contribution in [2.45, 2.75) is 25.1 Å². The number of benzene rings is 2. The van der Waals surface area contributed by atoms with Gasteiger partial charge in [0, 0.05) is 17.8 Å². The molecule has 0 bridgehead atoms. The summed E-state index contributed by atoms with van der Waals surface area (Å²) in [6.45, 7) is 0. The van der Waals surface area contributed by atoms with E-state index in [9.17, 15) is 18.3 Å². The van der Waals surface area contributed by atoms with Gasteiger partial charge >= 0.3 is 6.18 Å². The second-order valence-electron chi connectivity index (χ2n) is 4.48. The number of nitrogens with two attached hydrogens (primary N) is 1. The van der Waals surface area contributed by atoms with Crippen molar-refractivity contribution < 1.29 is 18.3 Å². The van der Waals surface area contributed by atoms with E-state index >= 15 is 0 Å². The molecule has 3 N–H and O–H groups in total. The summed E-state index contributed by atoms with van der Waals surface area (Å²) in [5, 5.41) is 11.0. The smallest absolute Gasteiger partial charge is 0.389 e. The molecule has 0 aromatic heterocycles. The van der Waals surface area contributed by atoms with Gasteiger partial charge in [0.2, 0.25) is 0 Å². The Labute approximate surface area is 120 Å². The van der Waals surface area contributed by atoms with E-state index in [1.807, 2.05) is 0 Å². The van der Waals surface area contributed by atoms with Gasteiger partial charge in [-0.25, -0.2) is 0 Å². The lowest BCUT2D eigenvalue weighted by molar-refractivity contribution is -0.136. The summed E-state index contributed by atoms with van der Waals surface area (Å²) in [7, 11) is 0. The Hall–Kier alpha value is -1.46. The molecular weight excluding hydrogens is 291 g/mol. The van der Waals surface area contributed by atoms with Crippen LogP contribution in [0, 0.1) is 0 Å². The molecule has 0 fully saturated rings. The standard InChI is InChI=1S/C14H14F3NO.ClH/c15-14(16,17)8-7-12(18)10-5-6-13(19)11-4-2-1-3-9(10)11;/h1-6,12,19H,7-8,18H2;1H/t12-;/m1./s1. The largest absolute Gasteiger partial charge is 0.507 e. The van der Waals surface area contributed by atoms with Crippen LogP contribution < -0.4 is 5.73 Å². The van der Waals surface area contributed by atoms with Crippen molar-refractivity contribution in [3.63, 3.8) is 0 Å². The highest BCUT2D eigenvalue weighted by Crippen LogP contribution is 2.33. The predicted octanol–water partition coefficient (Wildman–Crippen LogP) is 4.31. The molecule has 0 aliphatic heterocycles. The molecule has 0 aliphatic rings. The van der Waals surface area contributed by atoms with Gasteiger partial charge in [-0.3, -0.25) is 0 Å². The minimum Gasteiger partial charge on any atom is -0.507 e. The van der Waals surface area contributed by atoms with Gasteiger partial charge in [-0.1, -0.05) is 30.3 Å². The fourth-order valence-electron chi connectivity index (χ4n) is 2.10. The van der Waals surface area contributed by atoms with Crippen LogP contribution in [0.1, 0.15) is 24.4 Å². The number of fused-ring (bicyclic) bond motifs is 1. The van der Waals surface area contributed by atoms with Crippen molar-refractivity contribution >= 4 is 23.2 Å². The molecule has 0 aliphatic carbocycles. The van der Waals surface area contributed by atoms with Crippen LogP contribution in [0.25, 0.3) is 10.8 Å². The molecule has 2 aromatic rings. The molecule has 0 radical (unpaired) electrons. The summed E-state index contributed by atoms with van der Waals surface area (Å²) in [5.41, 5.74) is 6.46. The van der Waals surface area contributed by atoms with E-state index in [1.165, 1.54) is 6.07 Å². The quantitative estimate of drug-likeness (QED) is 0.887. The van der Waals surface area contributed by atoms with E-state index in [2.05, 4.69) is 0 Å². The maximum Gasteiger partial charge on any atom is 0.389 e. The predicted molar refractivity (Wildman–Crippen MR) is 75.1 cm³/mol. The summed E-state index contributed by atoms with van der Waals surface area (Å²) < 4.78 is 36.6. The third-order valence-electron chi connectivity index (χ3n) is 3.07. The number of rotatable bonds is 3. The monoisotopic (exact) mass is 305 g/mol. The van der Waals surface area contributed by atoms with Gasteiger partial charge in [0.25, 0.3) is 0 Å². The molecule has 6 heteroatoms. The molecule has 2 rings (SSSR count). The third kappa shape index (κ3) is 3.77. The number of hydrogen-bond acceptors (Lipinski definition) is 2. The van der Waals surface area contributed by atoms with Crippen molar-refractivity contribution in [2.24, 2.45) is 5.73 Å². The molecule has 0 amide bonds. The molecule has 0 spiro atoms. The highest BCUT2D eigenvalue weighted by molar-refractivity contribution is 5.91. The molecule has 2 aromatic carbocycles. The average Bonchev–Trinajstić information content (AvgIpc) is 2.36. The van der Waals surface area contributed by atoms with Crippen molar-refractivity contribution in [3.8, 4) is 5.75 Å². The zero-order chi connectivity index (χ0) is 14.0. The lowest BCUT2D eigenvalue weighted by Crippen LogP contribution is -2.16. The van der Waals surface area contributed by atoms with Crippen LogP contribution in [0.3, 0.4) is 0 Å². The Kier molecular flexibility index (Phi) is 5.25. The first-order valence-electron chi connectivity index (χ1n) is 5.91. The topological polar surface area (TPSA) is 46.2 Å². The van der Waals surface area contributed by atoms with Crippen LogP contribution in [0.4, 0.5) is 13.2 Å². The van der Waals surface area contributed by atoms with Crippen molar-refractivity contribution in [3.05, 3.63) is 42.0 Å². The molecule has 20 heavy (non-hydrogen) atoms. The fourth-order valence-corrected chi connectivity index (χ4v) is 2.10. The van der Waals surface area contributed by atoms with Gasteiger partial charge in [-0.05, 0) is 23.4 Å². The molecule has 1 atom stereocenters. The Morgan fingerprint density at radius 2 is 1.65 bits per heavy atom. The van der Waals surface area contributed by atoms with E-state index in [1.54, 1.807) is 30.3 Å². The molecule has 0 saturated heterocycles. The maximum absolute atomic E-state index is 12.2. The Bertz CT molecular complexity index is 586. The van der Waals surface area contributed by atoms with Crippen molar-refractivity contribution in [2.75, 3.05) is 0 Å². The minimum absolute atomic E-state index is 0. The van der Waals surface area contributed by atoms with Gasteiger partial charge in [-0.15, -0.1) is 12.4 Å². The van der Waals surface area contributed by atoms with Crippen LogP contribution in [-0.2, 0) is 0 Å². The summed E-state index contributed by atoms with van der Waals surface area (Å²) in [5.74, 6) is 0.0994. The number of phenolic OH excluding ortho intramolecular Hbond substituents is 1. The lowest BCUT2D eigenvalue weighted by Gasteiger charge is -2.16. The summed E-state index contributed by atoms with van der Waals surface area (Å²) in [4.78, 5) is 0. The first-order valence-corrected chi connectivity index (χ1v) is 5.91. The maximum atomic E-state index is 12.2. The summed E-state index contributed by atoms with van der Waals surface area (Å²) in [6, 6.07) is 9.33. The molecular formula is C14H15ClF3NO. The first kappa shape index (κ1) is 16.6. The fraction of sp³-hybridized carbons (Fsp3) is 0.286. The number of hydrogen-bond donors (Lipinski definition) is 2. The van der Waals surface area contributed by atoms with E-state index in [0.29, 0.717) is 16.3 Å². The number of alkyl halides is 3. The highest BCUT2D eigenvalue weighted by Gasteiger charge is 2.28. The molecule has 0 saturated carbocycles. The van der Waals surface area contributed by atoms with Gasteiger partial charge in [0.1, 0.15) is 5.75 Å². The van der Waals surface area contributed by atoms with Crippen molar-refractivity contribution in [1.82, 2.24) is 0 Å². The zero-order valence-corrected chi connectivity index (χ0v) is 11.3. The van der Waals surface area contributed by atoms with Crippen molar-refractivity contribution in [1.29, 1.82) is 0 Å².